The highest BCUT2D eigenvalue weighted by Crippen LogP contribution is 2.30. The number of alkyl halides is 3. The van der Waals surface area contributed by atoms with Crippen LogP contribution in [0.2, 0.25) is 0 Å². The number of carbonyl (C=O) groups is 1. The first-order valence-corrected chi connectivity index (χ1v) is 12.0. The van der Waals surface area contributed by atoms with Gasteiger partial charge in [-0.15, -0.1) is 11.3 Å². The Morgan fingerprint density at radius 2 is 1.71 bits per heavy atom. The summed E-state index contributed by atoms with van der Waals surface area (Å²) in [6, 6.07) is 7.06. The van der Waals surface area contributed by atoms with Crippen LogP contribution >= 0.6 is 11.3 Å². The highest BCUT2D eigenvalue weighted by molar-refractivity contribution is 7.89. The number of piperazine rings is 1. The molecule has 7 nitrogen and oxygen atoms in total. The molecule has 4 rings (SSSR count). The van der Waals surface area contributed by atoms with E-state index in [1.54, 1.807) is 16.2 Å². The molecule has 1 aromatic heterocycles. The van der Waals surface area contributed by atoms with Gasteiger partial charge in [0.1, 0.15) is 6.04 Å². The fourth-order valence-electron chi connectivity index (χ4n) is 3.73. The van der Waals surface area contributed by atoms with E-state index >= 15 is 0 Å². The average molecular weight is 475 g/mol. The van der Waals surface area contributed by atoms with Crippen molar-refractivity contribution in [2.24, 2.45) is 0 Å². The van der Waals surface area contributed by atoms with Crippen LogP contribution in [0.5, 0.6) is 0 Å². The van der Waals surface area contributed by atoms with E-state index in [0.29, 0.717) is 6.42 Å². The van der Waals surface area contributed by atoms with Gasteiger partial charge in [-0.05, 0) is 42.1 Å². The summed E-state index contributed by atoms with van der Waals surface area (Å²) in [7, 11) is -3.93. The smallest absolute Gasteiger partial charge is 0.339 e. The normalized spacial score (nSPS) is 23.3. The van der Waals surface area contributed by atoms with Crippen molar-refractivity contribution < 1.29 is 26.4 Å². The standard InChI is InChI=1S/C19H21F3N4O3S2/c20-19(21,22)13-3-5-14(6-4-13)31(28,29)26-9-7-25(8-10-26)18(27)16-12-15(23-24-16)17-2-1-11-30-17/h1-6,11,15-16,23-24H,7-10,12H2. The maximum Gasteiger partial charge on any atom is 0.416 e. The van der Waals surface area contributed by atoms with Crippen LogP contribution in [0, 0.1) is 0 Å². The van der Waals surface area contributed by atoms with Crippen LogP contribution in [-0.2, 0) is 21.0 Å². The topological polar surface area (TPSA) is 81.8 Å². The highest BCUT2D eigenvalue weighted by Gasteiger charge is 2.37. The van der Waals surface area contributed by atoms with E-state index in [4.69, 9.17) is 0 Å². The minimum Gasteiger partial charge on any atom is -0.339 e. The molecule has 0 radical (unpaired) electrons. The van der Waals surface area contributed by atoms with Gasteiger partial charge in [0.2, 0.25) is 15.9 Å². The quantitative estimate of drug-likeness (QED) is 0.710. The molecule has 2 N–H and O–H groups in total. The Morgan fingerprint density at radius 3 is 2.29 bits per heavy atom. The number of hydrogen-bond donors (Lipinski definition) is 2. The number of nitrogens with one attached hydrogen (secondary N) is 2. The largest absolute Gasteiger partial charge is 0.416 e. The summed E-state index contributed by atoms with van der Waals surface area (Å²) in [5.41, 5.74) is 5.24. The molecule has 2 aliphatic rings. The summed E-state index contributed by atoms with van der Waals surface area (Å²) in [4.78, 5) is 15.4. The lowest BCUT2D eigenvalue weighted by Crippen LogP contribution is -2.54. The first-order chi connectivity index (χ1) is 14.7. The number of carbonyl (C=O) groups excluding carboxylic acids is 1. The van der Waals surface area contributed by atoms with Gasteiger partial charge in [0, 0.05) is 31.1 Å². The van der Waals surface area contributed by atoms with Crippen LogP contribution in [0.1, 0.15) is 22.9 Å². The van der Waals surface area contributed by atoms with Gasteiger partial charge in [-0.3, -0.25) is 4.79 Å². The third-order valence-corrected chi connectivity index (χ3v) is 8.36. The molecule has 2 aromatic rings. The zero-order valence-electron chi connectivity index (χ0n) is 16.3. The second-order valence-corrected chi connectivity index (χ2v) is 10.3. The number of sulfonamides is 1. The number of hydrazine groups is 1. The van der Waals surface area contributed by atoms with E-state index in [-0.39, 0.29) is 43.0 Å². The molecule has 1 amide bonds. The molecule has 31 heavy (non-hydrogen) atoms. The van der Waals surface area contributed by atoms with Crippen LogP contribution in [0.4, 0.5) is 13.2 Å². The van der Waals surface area contributed by atoms with E-state index in [0.717, 1.165) is 29.1 Å². The Hall–Kier alpha value is -1.99. The predicted octanol–water partition coefficient (Wildman–Crippen LogP) is 2.21. The summed E-state index contributed by atoms with van der Waals surface area (Å²) in [5.74, 6) is -0.0989. The van der Waals surface area contributed by atoms with Crippen molar-refractivity contribution in [3.8, 4) is 0 Å². The van der Waals surface area contributed by atoms with E-state index in [2.05, 4.69) is 10.9 Å². The summed E-state index contributed by atoms with van der Waals surface area (Å²) >= 11 is 1.61. The van der Waals surface area contributed by atoms with Gasteiger partial charge in [-0.2, -0.15) is 17.5 Å². The SMILES string of the molecule is O=C(C1CC(c2cccs2)NN1)N1CCN(S(=O)(=O)c2ccc(C(F)(F)F)cc2)CC1. The molecule has 2 aliphatic heterocycles. The molecule has 0 bridgehead atoms. The molecule has 2 atom stereocenters. The van der Waals surface area contributed by atoms with Crippen molar-refractivity contribution in [1.82, 2.24) is 20.1 Å². The first-order valence-electron chi connectivity index (χ1n) is 9.67. The van der Waals surface area contributed by atoms with Gasteiger partial charge < -0.3 is 4.90 Å². The Labute approximate surface area is 181 Å². The third-order valence-electron chi connectivity index (χ3n) is 5.46. The molecule has 3 heterocycles. The van der Waals surface area contributed by atoms with Crippen LogP contribution in [0.15, 0.2) is 46.7 Å². The maximum absolute atomic E-state index is 12.8. The lowest BCUT2D eigenvalue weighted by Gasteiger charge is -2.35. The second-order valence-electron chi connectivity index (χ2n) is 7.40. The Kier molecular flexibility index (Phi) is 6.10. The monoisotopic (exact) mass is 474 g/mol. The molecular formula is C19H21F3N4O3S2. The molecule has 2 saturated heterocycles. The van der Waals surface area contributed by atoms with Crippen molar-refractivity contribution in [3.05, 3.63) is 52.2 Å². The Bertz CT molecular complexity index is 1020. The zero-order chi connectivity index (χ0) is 22.2. The maximum atomic E-state index is 12.8. The summed E-state index contributed by atoms with van der Waals surface area (Å²) in [6.45, 7) is 0.619. The molecule has 168 valence electrons. The van der Waals surface area contributed by atoms with Gasteiger partial charge >= 0.3 is 6.18 Å². The number of amides is 1. The summed E-state index contributed by atoms with van der Waals surface area (Å²) in [5, 5.41) is 1.97. The van der Waals surface area contributed by atoms with E-state index in [9.17, 15) is 26.4 Å². The number of benzene rings is 1. The lowest BCUT2D eigenvalue weighted by molar-refractivity contribution is -0.137. The Morgan fingerprint density at radius 1 is 1.03 bits per heavy atom. The van der Waals surface area contributed by atoms with Gasteiger partial charge in [0.05, 0.1) is 16.5 Å². The van der Waals surface area contributed by atoms with Gasteiger partial charge in [0.25, 0.3) is 0 Å². The van der Waals surface area contributed by atoms with E-state index < -0.39 is 27.8 Å². The second kappa shape index (κ2) is 8.51. The third kappa shape index (κ3) is 4.62. The van der Waals surface area contributed by atoms with Gasteiger partial charge in [0.15, 0.2) is 0 Å². The highest BCUT2D eigenvalue weighted by atomic mass is 32.2. The molecule has 2 unspecified atom stereocenters. The fraction of sp³-hybridized carbons (Fsp3) is 0.421. The Balaban J connectivity index is 1.35. The number of thiophene rings is 1. The zero-order valence-corrected chi connectivity index (χ0v) is 17.9. The van der Waals surface area contributed by atoms with Crippen LogP contribution in [0.3, 0.4) is 0 Å². The van der Waals surface area contributed by atoms with Crippen LogP contribution in [0.25, 0.3) is 0 Å². The van der Waals surface area contributed by atoms with Gasteiger partial charge in [-0.25, -0.2) is 19.3 Å². The summed E-state index contributed by atoms with van der Waals surface area (Å²) in [6.07, 6.45) is -3.93. The van der Waals surface area contributed by atoms with Crippen LogP contribution < -0.4 is 10.9 Å². The van der Waals surface area contributed by atoms with Gasteiger partial charge in [-0.1, -0.05) is 6.07 Å². The molecule has 0 aliphatic carbocycles. The lowest BCUT2D eigenvalue weighted by atomic mass is 10.1. The fourth-order valence-corrected chi connectivity index (χ4v) is 5.94. The number of halogens is 3. The first kappa shape index (κ1) is 22.2. The molecule has 0 saturated carbocycles. The predicted molar refractivity (Wildman–Crippen MR) is 109 cm³/mol. The summed E-state index contributed by atoms with van der Waals surface area (Å²) < 4.78 is 64.9. The minimum atomic E-state index is -4.53. The molecule has 2 fully saturated rings. The van der Waals surface area contributed by atoms with Crippen molar-refractivity contribution in [2.45, 2.75) is 29.6 Å². The van der Waals surface area contributed by atoms with Crippen molar-refractivity contribution in [1.29, 1.82) is 0 Å². The number of nitrogens with zero attached hydrogens (tertiary/aromatic N) is 2. The molecular weight excluding hydrogens is 453 g/mol. The molecule has 1 aromatic carbocycles. The minimum absolute atomic E-state index is 0.0512. The van der Waals surface area contributed by atoms with Crippen molar-refractivity contribution in [2.75, 3.05) is 26.2 Å². The van der Waals surface area contributed by atoms with E-state index in [1.807, 2.05) is 17.5 Å². The van der Waals surface area contributed by atoms with Crippen LogP contribution in [-0.4, -0.2) is 55.8 Å². The number of hydrogen-bond acceptors (Lipinski definition) is 6. The van der Waals surface area contributed by atoms with Crippen molar-refractivity contribution in [3.63, 3.8) is 0 Å². The average Bonchev–Trinajstić information content (AvgIpc) is 3.45. The number of rotatable bonds is 4. The molecule has 0 spiro atoms. The molecule has 12 heteroatoms. The van der Waals surface area contributed by atoms with Crippen molar-refractivity contribution >= 4 is 27.3 Å². The van der Waals surface area contributed by atoms with E-state index in [1.165, 1.54) is 4.31 Å².